The second kappa shape index (κ2) is 3.69. The number of phenolic OH excluding ortho intramolecular Hbond substituents is 1. The highest BCUT2D eigenvalue weighted by atomic mass is 16.3. The zero-order valence-corrected chi connectivity index (χ0v) is 10.5. The molecule has 0 saturated heterocycles. The molecule has 88 valence electrons. The first kappa shape index (κ1) is 11.3. The van der Waals surface area contributed by atoms with Gasteiger partial charge in [-0.2, -0.15) is 0 Å². The minimum atomic E-state index is 0.125. The first-order valence-corrected chi connectivity index (χ1v) is 6.09. The number of anilines is 1. The first-order valence-electron chi connectivity index (χ1n) is 6.09. The number of phenols is 1. The molecule has 0 saturated carbocycles. The van der Waals surface area contributed by atoms with E-state index in [1.165, 1.54) is 5.56 Å². The van der Waals surface area contributed by atoms with E-state index in [0.29, 0.717) is 17.6 Å². The molecule has 0 bridgehead atoms. The molecule has 1 aromatic rings. The lowest BCUT2D eigenvalue weighted by molar-refractivity contribution is 0.284. The zero-order chi connectivity index (χ0) is 11.9. The van der Waals surface area contributed by atoms with Gasteiger partial charge in [-0.1, -0.05) is 26.8 Å². The zero-order valence-electron chi connectivity index (χ0n) is 10.5. The van der Waals surface area contributed by atoms with Crippen LogP contribution in [0.15, 0.2) is 18.2 Å². The van der Waals surface area contributed by atoms with Gasteiger partial charge < -0.3 is 10.4 Å². The van der Waals surface area contributed by atoms with Crippen LogP contribution < -0.4 is 5.32 Å². The molecule has 0 amide bonds. The van der Waals surface area contributed by atoms with Crippen LogP contribution in [0.3, 0.4) is 0 Å². The Labute approximate surface area is 97.7 Å². The molecule has 0 radical (unpaired) electrons. The van der Waals surface area contributed by atoms with Crippen LogP contribution in [0.1, 0.15) is 45.6 Å². The summed E-state index contributed by atoms with van der Waals surface area (Å²) < 4.78 is 0. The molecule has 0 aliphatic carbocycles. The summed E-state index contributed by atoms with van der Waals surface area (Å²) >= 11 is 0. The van der Waals surface area contributed by atoms with E-state index in [1.807, 2.05) is 12.1 Å². The van der Waals surface area contributed by atoms with Crippen molar-refractivity contribution in [1.82, 2.24) is 0 Å². The van der Waals surface area contributed by atoms with Gasteiger partial charge >= 0.3 is 0 Å². The lowest BCUT2D eigenvalue weighted by atomic mass is 9.71. The van der Waals surface area contributed by atoms with Crippen LogP contribution in [0.2, 0.25) is 0 Å². The molecule has 0 aromatic heterocycles. The van der Waals surface area contributed by atoms with Crippen molar-refractivity contribution < 1.29 is 5.11 Å². The van der Waals surface area contributed by atoms with E-state index in [9.17, 15) is 5.11 Å². The SMILES string of the molecule is CCC1(C)Nc2cc(O)ccc2C(C)C1C. The van der Waals surface area contributed by atoms with Crippen molar-refractivity contribution in [3.63, 3.8) is 0 Å². The normalized spacial score (nSPS) is 33.0. The van der Waals surface area contributed by atoms with Crippen LogP contribution >= 0.6 is 0 Å². The smallest absolute Gasteiger partial charge is 0.117 e. The van der Waals surface area contributed by atoms with Crippen LogP contribution in [0.25, 0.3) is 0 Å². The third-order valence-electron chi connectivity index (χ3n) is 4.44. The van der Waals surface area contributed by atoms with Crippen LogP contribution in [0.4, 0.5) is 5.69 Å². The Balaban J connectivity index is 2.48. The maximum absolute atomic E-state index is 9.54. The molecule has 2 heteroatoms. The Bertz CT molecular complexity index is 402. The molecule has 1 heterocycles. The molecule has 1 aliphatic rings. The fraction of sp³-hybridized carbons (Fsp3) is 0.571. The molecule has 1 aliphatic heterocycles. The van der Waals surface area contributed by atoms with Gasteiger partial charge in [-0.3, -0.25) is 0 Å². The van der Waals surface area contributed by atoms with Crippen molar-refractivity contribution in [2.75, 3.05) is 5.32 Å². The lowest BCUT2D eigenvalue weighted by Crippen LogP contribution is -2.46. The number of benzene rings is 1. The summed E-state index contributed by atoms with van der Waals surface area (Å²) in [6.45, 7) is 9.05. The second-order valence-electron chi connectivity index (χ2n) is 5.24. The standard InChI is InChI=1S/C14H21NO/c1-5-14(4)10(3)9(2)12-7-6-11(16)8-13(12)15-14/h6-10,15-16H,5H2,1-4H3. The van der Waals surface area contributed by atoms with Gasteiger partial charge in [0, 0.05) is 17.3 Å². The third kappa shape index (κ3) is 1.57. The number of hydrogen-bond acceptors (Lipinski definition) is 2. The maximum atomic E-state index is 9.54. The van der Waals surface area contributed by atoms with Crippen LogP contribution in [-0.2, 0) is 0 Å². The van der Waals surface area contributed by atoms with Crippen LogP contribution in [-0.4, -0.2) is 10.6 Å². The molecule has 3 atom stereocenters. The van der Waals surface area contributed by atoms with E-state index >= 15 is 0 Å². The molecular formula is C14H21NO. The summed E-state index contributed by atoms with van der Waals surface area (Å²) in [5.74, 6) is 1.46. The van der Waals surface area contributed by atoms with Crippen molar-refractivity contribution in [3.05, 3.63) is 23.8 Å². The predicted octanol–water partition coefficient (Wildman–Crippen LogP) is 3.73. The molecular weight excluding hydrogens is 198 g/mol. The van der Waals surface area contributed by atoms with Gasteiger partial charge in [-0.05, 0) is 36.8 Å². The number of hydrogen-bond donors (Lipinski definition) is 2. The van der Waals surface area contributed by atoms with Gasteiger partial charge in [0.05, 0.1) is 0 Å². The van der Waals surface area contributed by atoms with Gasteiger partial charge in [-0.25, -0.2) is 0 Å². The average Bonchev–Trinajstić information content (AvgIpc) is 2.26. The Morgan fingerprint density at radius 3 is 2.69 bits per heavy atom. The Hall–Kier alpha value is -1.18. The molecule has 0 spiro atoms. The van der Waals surface area contributed by atoms with E-state index in [-0.39, 0.29) is 5.54 Å². The molecule has 2 N–H and O–H groups in total. The lowest BCUT2D eigenvalue weighted by Gasteiger charge is -2.45. The maximum Gasteiger partial charge on any atom is 0.117 e. The molecule has 0 fully saturated rings. The van der Waals surface area contributed by atoms with Gasteiger partial charge in [0.1, 0.15) is 5.75 Å². The molecule has 2 nitrogen and oxygen atoms in total. The van der Waals surface area contributed by atoms with Crippen LogP contribution in [0, 0.1) is 5.92 Å². The third-order valence-corrected chi connectivity index (χ3v) is 4.44. The minimum Gasteiger partial charge on any atom is -0.508 e. The van der Waals surface area contributed by atoms with E-state index in [2.05, 4.69) is 33.0 Å². The fourth-order valence-corrected chi connectivity index (χ4v) is 2.70. The summed E-state index contributed by atoms with van der Waals surface area (Å²) in [4.78, 5) is 0. The Morgan fingerprint density at radius 1 is 1.38 bits per heavy atom. The van der Waals surface area contributed by atoms with Crippen molar-refractivity contribution in [1.29, 1.82) is 0 Å². The molecule has 16 heavy (non-hydrogen) atoms. The van der Waals surface area contributed by atoms with Crippen molar-refractivity contribution in [3.8, 4) is 5.75 Å². The topological polar surface area (TPSA) is 32.3 Å². The minimum absolute atomic E-state index is 0.125. The van der Waals surface area contributed by atoms with Crippen molar-refractivity contribution in [2.45, 2.75) is 45.6 Å². The van der Waals surface area contributed by atoms with Crippen LogP contribution in [0.5, 0.6) is 5.75 Å². The van der Waals surface area contributed by atoms with E-state index in [4.69, 9.17) is 0 Å². The molecule has 1 aromatic carbocycles. The first-order chi connectivity index (χ1) is 7.48. The highest BCUT2D eigenvalue weighted by molar-refractivity contribution is 5.60. The van der Waals surface area contributed by atoms with Crippen molar-refractivity contribution >= 4 is 5.69 Å². The van der Waals surface area contributed by atoms with Crippen molar-refractivity contribution in [2.24, 2.45) is 5.92 Å². The molecule has 2 rings (SSSR count). The summed E-state index contributed by atoms with van der Waals surface area (Å²) in [6.07, 6.45) is 1.09. The number of aromatic hydroxyl groups is 1. The number of fused-ring (bicyclic) bond motifs is 1. The summed E-state index contributed by atoms with van der Waals surface area (Å²) in [5, 5.41) is 13.1. The quantitative estimate of drug-likeness (QED) is 0.754. The summed E-state index contributed by atoms with van der Waals surface area (Å²) in [5.41, 5.74) is 2.53. The largest absolute Gasteiger partial charge is 0.508 e. The number of rotatable bonds is 1. The van der Waals surface area contributed by atoms with Gasteiger partial charge in [-0.15, -0.1) is 0 Å². The highest BCUT2D eigenvalue weighted by Crippen LogP contribution is 2.45. The van der Waals surface area contributed by atoms with Gasteiger partial charge in [0.25, 0.3) is 0 Å². The fourth-order valence-electron chi connectivity index (χ4n) is 2.70. The van der Waals surface area contributed by atoms with Gasteiger partial charge in [0.15, 0.2) is 0 Å². The van der Waals surface area contributed by atoms with E-state index < -0.39 is 0 Å². The summed E-state index contributed by atoms with van der Waals surface area (Å²) in [6, 6.07) is 5.65. The average molecular weight is 219 g/mol. The Morgan fingerprint density at radius 2 is 2.06 bits per heavy atom. The van der Waals surface area contributed by atoms with E-state index in [0.717, 1.165) is 12.1 Å². The van der Waals surface area contributed by atoms with Gasteiger partial charge in [0.2, 0.25) is 0 Å². The Kier molecular flexibility index (Phi) is 2.61. The second-order valence-corrected chi connectivity index (χ2v) is 5.24. The summed E-state index contributed by atoms with van der Waals surface area (Å²) in [7, 11) is 0. The monoisotopic (exact) mass is 219 g/mol. The van der Waals surface area contributed by atoms with E-state index in [1.54, 1.807) is 6.07 Å². The number of nitrogens with one attached hydrogen (secondary N) is 1. The molecule has 3 unspecified atom stereocenters. The highest BCUT2D eigenvalue weighted by Gasteiger charge is 2.38. The predicted molar refractivity (Wildman–Crippen MR) is 68.0 cm³/mol.